The van der Waals surface area contributed by atoms with Crippen LogP contribution in [0.1, 0.15) is 78.2 Å². The highest BCUT2D eigenvalue weighted by atomic mass is 28.4. The molecule has 1 amide bonds. The van der Waals surface area contributed by atoms with Crippen molar-refractivity contribution < 1.29 is 14.0 Å². The number of ether oxygens (including phenoxy) is 1. The lowest BCUT2D eigenvalue weighted by molar-refractivity contribution is -0.121. The summed E-state index contributed by atoms with van der Waals surface area (Å²) in [5.41, 5.74) is 1.02. The van der Waals surface area contributed by atoms with Crippen molar-refractivity contribution in [3.63, 3.8) is 0 Å². The Morgan fingerprint density at radius 3 is 2.29 bits per heavy atom. The largest absolute Gasteiger partial charge is 0.541 e. The number of amides is 1. The van der Waals surface area contributed by atoms with Crippen molar-refractivity contribution in [3.8, 4) is 11.5 Å². The van der Waals surface area contributed by atoms with Gasteiger partial charge < -0.3 is 14.5 Å². The number of carbonyl (C=O) groups is 1. The topological polar surface area (TPSA) is 47.6 Å². The number of unbranched alkanes of at least 4 members (excludes halogenated alkanes) is 5. The second-order valence-electron chi connectivity index (χ2n) is 9.14. The van der Waals surface area contributed by atoms with Crippen molar-refractivity contribution >= 4 is 14.2 Å². The molecule has 0 fully saturated rings. The first-order valence-corrected chi connectivity index (χ1v) is 13.6. The summed E-state index contributed by atoms with van der Waals surface area (Å²) in [6.45, 7) is 13.9. The van der Waals surface area contributed by atoms with Gasteiger partial charge in [0.1, 0.15) is 5.75 Å². The van der Waals surface area contributed by atoms with Gasteiger partial charge in [-0.25, -0.2) is 0 Å². The average molecular weight is 408 g/mol. The van der Waals surface area contributed by atoms with Crippen LogP contribution in [0.3, 0.4) is 0 Å². The van der Waals surface area contributed by atoms with Gasteiger partial charge in [0.25, 0.3) is 8.32 Å². The van der Waals surface area contributed by atoms with Gasteiger partial charge in [0, 0.05) is 13.0 Å². The van der Waals surface area contributed by atoms with Crippen LogP contribution in [-0.2, 0) is 11.3 Å². The molecule has 1 aromatic rings. The summed E-state index contributed by atoms with van der Waals surface area (Å²) in [5, 5.41) is 3.14. The fraction of sp³-hybridized carbons (Fsp3) is 0.696. The van der Waals surface area contributed by atoms with Crippen LogP contribution in [-0.4, -0.2) is 21.3 Å². The van der Waals surface area contributed by atoms with Crippen LogP contribution in [0.25, 0.3) is 0 Å². The van der Waals surface area contributed by atoms with E-state index in [9.17, 15) is 4.79 Å². The van der Waals surface area contributed by atoms with Crippen LogP contribution in [0, 0.1) is 0 Å². The van der Waals surface area contributed by atoms with Crippen LogP contribution in [0.4, 0.5) is 0 Å². The van der Waals surface area contributed by atoms with Gasteiger partial charge in [-0.2, -0.15) is 0 Å². The molecular formula is C23H41NO3Si. The van der Waals surface area contributed by atoms with E-state index in [0.717, 1.165) is 29.9 Å². The second kappa shape index (κ2) is 11.5. The summed E-state index contributed by atoms with van der Waals surface area (Å²) >= 11 is 0. The zero-order valence-electron chi connectivity index (χ0n) is 19.1. The third-order valence-corrected chi connectivity index (χ3v) is 9.99. The lowest BCUT2D eigenvalue weighted by Crippen LogP contribution is -2.43. The molecule has 0 aliphatic rings. The molecule has 160 valence electrons. The van der Waals surface area contributed by atoms with Gasteiger partial charge in [-0.3, -0.25) is 4.79 Å². The predicted octanol–water partition coefficient (Wildman–Crippen LogP) is 6.45. The number of rotatable bonds is 12. The molecule has 0 aliphatic carbocycles. The Morgan fingerprint density at radius 2 is 1.68 bits per heavy atom. The Morgan fingerprint density at radius 1 is 1.04 bits per heavy atom. The van der Waals surface area contributed by atoms with E-state index in [1.165, 1.54) is 25.7 Å². The van der Waals surface area contributed by atoms with Crippen LogP contribution in [0.15, 0.2) is 18.2 Å². The summed E-state index contributed by atoms with van der Waals surface area (Å²) < 4.78 is 11.9. The number of nitrogens with one attached hydrogen (secondary N) is 1. The van der Waals surface area contributed by atoms with Crippen molar-refractivity contribution in [2.24, 2.45) is 0 Å². The molecule has 0 heterocycles. The van der Waals surface area contributed by atoms with E-state index in [2.05, 4.69) is 46.1 Å². The molecule has 4 nitrogen and oxygen atoms in total. The first-order valence-electron chi connectivity index (χ1n) is 10.7. The van der Waals surface area contributed by atoms with E-state index in [4.69, 9.17) is 9.16 Å². The Kier molecular flexibility index (Phi) is 10.1. The van der Waals surface area contributed by atoms with Gasteiger partial charge in [-0.05, 0) is 42.2 Å². The lowest BCUT2D eigenvalue weighted by Gasteiger charge is -2.36. The highest BCUT2D eigenvalue weighted by Crippen LogP contribution is 2.40. The molecular weight excluding hydrogens is 366 g/mol. The van der Waals surface area contributed by atoms with Gasteiger partial charge in [-0.1, -0.05) is 65.9 Å². The van der Waals surface area contributed by atoms with Crippen molar-refractivity contribution in [2.45, 2.75) is 97.3 Å². The minimum atomic E-state index is -1.92. The molecule has 0 aromatic heterocycles. The zero-order valence-corrected chi connectivity index (χ0v) is 20.1. The molecule has 0 spiro atoms. The summed E-state index contributed by atoms with van der Waals surface area (Å²) in [6, 6.07) is 5.94. The molecule has 1 aromatic carbocycles. The van der Waals surface area contributed by atoms with Crippen LogP contribution in [0.2, 0.25) is 18.1 Å². The number of benzene rings is 1. The van der Waals surface area contributed by atoms with E-state index >= 15 is 0 Å². The summed E-state index contributed by atoms with van der Waals surface area (Å²) in [4.78, 5) is 12.1. The molecule has 0 unspecified atom stereocenters. The summed E-state index contributed by atoms with van der Waals surface area (Å²) in [7, 11) is -0.263. The first-order chi connectivity index (χ1) is 13.1. The van der Waals surface area contributed by atoms with E-state index in [-0.39, 0.29) is 10.9 Å². The van der Waals surface area contributed by atoms with Crippen molar-refractivity contribution in [1.29, 1.82) is 0 Å². The van der Waals surface area contributed by atoms with Gasteiger partial charge in [0.05, 0.1) is 7.11 Å². The highest BCUT2D eigenvalue weighted by Gasteiger charge is 2.39. The molecule has 28 heavy (non-hydrogen) atoms. The Balaban J connectivity index is 2.54. The van der Waals surface area contributed by atoms with Gasteiger partial charge >= 0.3 is 0 Å². The Hall–Kier alpha value is -1.49. The zero-order chi connectivity index (χ0) is 21.2. The Bertz CT molecular complexity index is 608. The molecule has 0 atom stereocenters. The number of hydrogen-bond donors (Lipinski definition) is 1. The highest BCUT2D eigenvalue weighted by molar-refractivity contribution is 6.74. The van der Waals surface area contributed by atoms with Crippen molar-refractivity contribution in [1.82, 2.24) is 5.32 Å². The maximum Gasteiger partial charge on any atom is 0.250 e. The van der Waals surface area contributed by atoms with Crippen LogP contribution >= 0.6 is 0 Å². The Labute approximate surface area is 173 Å². The third-order valence-electron chi connectivity index (χ3n) is 5.65. The monoisotopic (exact) mass is 407 g/mol. The third kappa shape index (κ3) is 8.25. The molecule has 0 aliphatic heterocycles. The second-order valence-corrected chi connectivity index (χ2v) is 13.9. The van der Waals surface area contributed by atoms with E-state index in [1.54, 1.807) is 7.11 Å². The fourth-order valence-electron chi connectivity index (χ4n) is 2.69. The summed E-state index contributed by atoms with van der Waals surface area (Å²) in [5.74, 6) is 1.64. The molecule has 5 heteroatoms. The van der Waals surface area contributed by atoms with E-state index in [0.29, 0.717) is 13.0 Å². The maximum atomic E-state index is 12.1. The number of methoxy groups -OCH3 is 1. The number of carbonyl (C=O) groups excluding carboxylic acids is 1. The van der Waals surface area contributed by atoms with Crippen LogP contribution in [0.5, 0.6) is 11.5 Å². The smallest absolute Gasteiger partial charge is 0.250 e. The SMILES string of the molecule is CCCCCCCCC(=O)NCc1ccc(O[Si](C)(C)C(C)(C)C)c(OC)c1. The van der Waals surface area contributed by atoms with E-state index < -0.39 is 8.32 Å². The molecule has 1 rings (SSSR count). The van der Waals surface area contributed by atoms with Gasteiger partial charge in [-0.15, -0.1) is 0 Å². The minimum absolute atomic E-state index is 0.121. The first kappa shape index (κ1) is 24.5. The maximum absolute atomic E-state index is 12.1. The average Bonchev–Trinajstić information content (AvgIpc) is 2.62. The van der Waals surface area contributed by atoms with Gasteiger partial charge in [0.15, 0.2) is 5.75 Å². The standard InChI is InChI=1S/C23H41NO3Si/c1-8-9-10-11-12-13-14-22(25)24-18-19-15-16-20(21(17-19)26-5)27-28(6,7)23(2,3)4/h15-17H,8-14,18H2,1-7H3,(H,24,25). The quantitative estimate of drug-likeness (QED) is 0.320. The lowest BCUT2D eigenvalue weighted by atomic mass is 10.1. The van der Waals surface area contributed by atoms with Crippen LogP contribution < -0.4 is 14.5 Å². The molecule has 0 bridgehead atoms. The minimum Gasteiger partial charge on any atom is -0.541 e. The van der Waals surface area contributed by atoms with Crippen molar-refractivity contribution in [2.75, 3.05) is 7.11 Å². The fourth-order valence-corrected chi connectivity index (χ4v) is 3.71. The van der Waals surface area contributed by atoms with E-state index in [1.807, 2.05) is 18.2 Å². The normalized spacial score (nSPS) is 12.0. The molecule has 1 N–H and O–H groups in total. The predicted molar refractivity (Wildman–Crippen MR) is 121 cm³/mol. The van der Waals surface area contributed by atoms with Gasteiger partial charge in [0.2, 0.25) is 5.91 Å². The summed E-state index contributed by atoms with van der Waals surface area (Å²) in [6.07, 6.45) is 7.77. The number of hydrogen-bond acceptors (Lipinski definition) is 3. The van der Waals surface area contributed by atoms with Crippen molar-refractivity contribution in [3.05, 3.63) is 23.8 Å². The molecule has 0 radical (unpaired) electrons. The molecule has 0 saturated carbocycles. The molecule has 0 saturated heterocycles.